The molecule has 0 saturated heterocycles. The molecule has 0 fully saturated rings. The lowest BCUT2D eigenvalue weighted by molar-refractivity contribution is -0.148. The van der Waals surface area contributed by atoms with E-state index in [1.165, 1.54) is 0 Å². The van der Waals surface area contributed by atoms with E-state index in [2.05, 4.69) is 11.2 Å². The predicted molar refractivity (Wildman–Crippen MR) is 60.5 cm³/mol. The van der Waals surface area contributed by atoms with Gasteiger partial charge in [0.1, 0.15) is 0 Å². The van der Waals surface area contributed by atoms with Crippen LogP contribution in [-0.4, -0.2) is 29.6 Å². The number of carbonyl (C=O) groups is 2. The average Bonchev–Trinajstić information content (AvgIpc) is 2.25. The SMILES string of the molecule is C#CCC(N)C(=O)NCC(C)(CC)C(=O)O. The first-order valence-electron chi connectivity index (χ1n) is 5.07. The molecule has 4 N–H and O–H groups in total. The van der Waals surface area contributed by atoms with E-state index in [-0.39, 0.29) is 13.0 Å². The molecule has 0 spiro atoms. The summed E-state index contributed by atoms with van der Waals surface area (Å²) in [7, 11) is 0. The number of hydrogen-bond donors (Lipinski definition) is 3. The molecule has 90 valence electrons. The van der Waals surface area contributed by atoms with Crippen molar-refractivity contribution in [2.24, 2.45) is 11.1 Å². The zero-order valence-electron chi connectivity index (χ0n) is 9.62. The monoisotopic (exact) mass is 226 g/mol. The van der Waals surface area contributed by atoms with Crippen LogP contribution in [0.3, 0.4) is 0 Å². The van der Waals surface area contributed by atoms with Crippen molar-refractivity contribution < 1.29 is 14.7 Å². The summed E-state index contributed by atoms with van der Waals surface area (Å²) < 4.78 is 0. The molecule has 2 atom stereocenters. The van der Waals surface area contributed by atoms with Crippen LogP contribution in [0.15, 0.2) is 0 Å². The van der Waals surface area contributed by atoms with Crippen LogP contribution in [0.4, 0.5) is 0 Å². The Hall–Kier alpha value is -1.54. The molecule has 2 unspecified atom stereocenters. The highest BCUT2D eigenvalue weighted by atomic mass is 16.4. The summed E-state index contributed by atoms with van der Waals surface area (Å²) in [6.45, 7) is 3.37. The van der Waals surface area contributed by atoms with Crippen molar-refractivity contribution in [1.29, 1.82) is 0 Å². The molecule has 0 aliphatic carbocycles. The Bertz CT molecular complexity index is 309. The normalized spacial score (nSPS) is 15.6. The van der Waals surface area contributed by atoms with Crippen LogP contribution in [0.25, 0.3) is 0 Å². The van der Waals surface area contributed by atoms with Crippen LogP contribution < -0.4 is 11.1 Å². The van der Waals surface area contributed by atoms with E-state index in [1.807, 2.05) is 0 Å². The molecule has 1 amide bonds. The summed E-state index contributed by atoms with van der Waals surface area (Å²) in [4.78, 5) is 22.3. The Morgan fingerprint density at radius 2 is 2.19 bits per heavy atom. The first-order valence-corrected chi connectivity index (χ1v) is 5.07. The van der Waals surface area contributed by atoms with Gasteiger partial charge in [0.05, 0.1) is 11.5 Å². The van der Waals surface area contributed by atoms with Gasteiger partial charge in [-0.2, -0.15) is 0 Å². The van der Waals surface area contributed by atoms with Gasteiger partial charge in [0.25, 0.3) is 0 Å². The van der Waals surface area contributed by atoms with Crippen LogP contribution in [0.5, 0.6) is 0 Å². The molecule has 0 aliphatic heterocycles. The van der Waals surface area contributed by atoms with Gasteiger partial charge in [0.15, 0.2) is 0 Å². The van der Waals surface area contributed by atoms with E-state index >= 15 is 0 Å². The number of nitrogens with one attached hydrogen (secondary N) is 1. The van der Waals surface area contributed by atoms with Gasteiger partial charge in [-0.3, -0.25) is 9.59 Å². The number of rotatable bonds is 6. The summed E-state index contributed by atoms with van der Waals surface area (Å²) in [6, 6.07) is -0.778. The smallest absolute Gasteiger partial charge is 0.311 e. The highest BCUT2D eigenvalue weighted by Gasteiger charge is 2.31. The third kappa shape index (κ3) is 3.91. The number of carboxylic acids is 1. The van der Waals surface area contributed by atoms with E-state index in [0.717, 1.165) is 0 Å². The Morgan fingerprint density at radius 3 is 2.56 bits per heavy atom. The van der Waals surface area contributed by atoms with Gasteiger partial charge >= 0.3 is 5.97 Å². The number of terminal acetylenes is 1. The van der Waals surface area contributed by atoms with Crippen molar-refractivity contribution in [1.82, 2.24) is 5.32 Å². The fraction of sp³-hybridized carbons (Fsp3) is 0.636. The Balaban J connectivity index is 4.29. The van der Waals surface area contributed by atoms with Gasteiger partial charge in [-0.15, -0.1) is 12.3 Å². The summed E-state index contributed by atoms with van der Waals surface area (Å²) in [6.07, 6.45) is 5.58. The summed E-state index contributed by atoms with van der Waals surface area (Å²) in [5.41, 5.74) is 4.51. The maximum Gasteiger partial charge on any atom is 0.311 e. The minimum atomic E-state index is -0.967. The standard InChI is InChI=1S/C11H18N2O3/c1-4-6-8(12)9(14)13-7-11(3,5-2)10(15)16/h1,8H,5-7,12H2,2-3H3,(H,13,14)(H,15,16). The topological polar surface area (TPSA) is 92.4 Å². The predicted octanol–water partition coefficient (Wildman–Crippen LogP) is -0.0459. The van der Waals surface area contributed by atoms with Gasteiger partial charge in [-0.05, 0) is 13.3 Å². The fourth-order valence-electron chi connectivity index (χ4n) is 0.985. The highest BCUT2D eigenvalue weighted by Crippen LogP contribution is 2.19. The Kier molecular flexibility index (Phi) is 5.54. The molecule has 5 nitrogen and oxygen atoms in total. The molecule has 0 aromatic heterocycles. The quantitative estimate of drug-likeness (QED) is 0.554. The zero-order chi connectivity index (χ0) is 12.8. The number of carbonyl (C=O) groups excluding carboxylic acids is 1. The van der Waals surface area contributed by atoms with Gasteiger partial charge in [-0.1, -0.05) is 6.92 Å². The second kappa shape index (κ2) is 6.13. The fourth-order valence-corrected chi connectivity index (χ4v) is 0.985. The second-order valence-corrected chi connectivity index (χ2v) is 3.95. The van der Waals surface area contributed by atoms with Crippen molar-refractivity contribution in [3.8, 4) is 12.3 Å². The van der Waals surface area contributed by atoms with Crippen LogP contribution in [0.1, 0.15) is 26.7 Å². The highest BCUT2D eigenvalue weighted by molar-refractivity contribution is 5.83. The lowest BCUT2D eigenvalue weighted by atomic mass is 9.87. The molecule has 0 heterocycles. The van der Waals surface area contributed by atoms with E-state index in [1.54, 1.807) is 13.8 Å². The zero-order valence-corrected chi connectivity index (χ0v) is 9.62. The van der Waals surface area contributed by atoms with E-state index < -0.39 is 23.3 Å². The van der Waals surface area contributed by atoms with Gasteiger partial charge in [-0.25, -0.2) is 0 Å². The van der Waals surface area contributed by atoms with Crippen LogP contribution in [0, 0.1) is 17.8 Å². The lowest BCUT2D eigenvalue weighted by Gasteiger charge is -2.23. The summed E-state index contributed by atoms with van der Waals surface area (Å²) in [5.74, 6) is 0.919. The Morgan fingerprint density at radius 1 is 1.62 bits per heavy atom. The second-order valence-electron chi connectivity index (χ2n) is 3.95. The van der Waals surface area contributed by atoms with Gasteiger partial charge in [0.2, 0.25) is 5.91 Å². The maximum atomic E-state index is 11.4. The lowest BCUT2D eigenvalue weighted by Crippen LogP contribution is -2.46. The average molecular weight is 226 g/mol. The minimum Gasteiger partial charge on any atom is -0.481 e. The van der Waals surface area contributed by atoms with Crippen molar-refractivity contribution in [3.63, 3.8) is 0 Å². The van der Waals surface area contributed by atoms with Crippen molar-refractivity contribution in [3.05, 3.63) is 0 Å². The van der Waals surface area contributed by atoms with E-state index in [4.69, 9.17) is 17.3 Å². The van der Waals surface area contributed by atoms with Crippen molar-refractivity contribution in [2.45, 2.75) is 32.7 Å². The first kappa shape index (κ1) is 14.5. The molecule has 0 rings (SSSR count). The maximum absolute atomic E-state index is 11.4. The van der Waals surface area contributed by atoms with E-state index in [0.29, 0.717) is 6.42 Å². The minimum absolute atomic E-state index is 0.0515. The van der Waals surface area contributed by atoms with Crippen molar-refractivity contribution in [2.75, 3.05) is 6.54 Å². The molecule has 0 bridgehead atoms. The number of carboxylic acid groups (broad SMARTS) is 1. The van der Waals surface area contributed by atoms with E-state index in [9.17, 15) is 9.59 Å². The molecular formula is C11H18N2O3. The third-order valence-corrected chi connectivity index (χ3v) is 2.62. The van der Waals surface area contributed by atoms with Crippen LogP contribution in [-0.2, 0) is 9.59 Å². The number of amides is 1. The van der Waals surface area contributed by atoms with Crippen LogP contribution in [0.2, 0.25) is 0 Å². The number of hydrogen-bond acceptors (Lipinski definition) is 3. The number of aliphatic carboxylic acids is 1. The molecule has 0 aliphatic rings. The molecule has 0 radical (unpaired) electrons. The molecule has 0 aromatic carbocycles. The molecule has 0 saturated carbocycles. The molecule has 0 aromatic rings. The molecule has 16 heavy (non-hydrogen) atoms. The third-order valence-electron chi connectivity index (χ3n) is 2.62. The summed E-state index contributed by atoms with van der Waals surface area (Å²) in [5, 5.41) is 11.5. The van der Waals surface area contributed by atoms with Gasteiger partial charge < -0.3 is 16.2 Å². The first-order chi connectivity index (χ1) is 7.37. The summed E-state index contributed by atoms with van der Waals surface area (Å²) >= 11 is 0. The van der Waals surface area contributed by atoms with Crippen molar-refractivity contribution >= 4 is 11.9 Å². The van der Waals surface area contributed by atoms with Crippen LogP contribution >= 0.6 is 0 Å². The molecular weight excluding hydrogens is 208 g/mol. The van der Waals surface area contributed by atoms with Gasteiger partial charge in [0, 0.05) is 13.0 Å². The largest absolute Gasteiger partial charge is 0.481 e. The molecule has 5 heteroatoms. The number of nitrogens with two attached hydrogens (primary N) is 1. The Labute approximate surface area is 95.4 Å².